The molecule has 4 rings (SSSR count). The predicted molar refractivity (Wildman–Crippen MR) is 101 cm³/mol. The molecule has 0 radical (unpaired) electrons. The van der Waals surface area contributed by atoms with Gasteiger partial charge in [0, 0.05) is 30.0 Å². The molecular weight excluding hydrogens is 326 g/mol. The zero-order valence-electron chi connectivity index (χ0n) is 14.6. The summed E-state index contributed by atoms with van der Waals surface area (Å²) < 4.78 is 0. The molecule has 7 nitrogen and oxygen atoms in total. The van der Waals surface area contributed by atoms with E-state index in [-0.39, 0.29) is 0 Å². The summed E-state index contributed by atoms with van der Waals surface area (Å²) in [4.78, 5) is 13.1. The summed E-state index contributed by atoms with van der Waals surface area (Å²) in [5.41, 5.74) is 2.77. The summed E-state index contributed by atoms with van der Waals surface area (Å²) in [6.07, 6.45) is 8.54. The minimum absolute atomic E-state index is 0.352. The van der Waals surface area contributed by atoms with Crippen molar-refractivity contribution in [1.29, 1.82) is 0 Å². The van der Waals surface area contributed by atoms with Gasteiger partial charge in [0.15, 0.2) is 0 Å². The zero-order valence-corrected chi connectivity index (χ0v) is 14.6. The zero-order chi connectivity index (χ0) is 17.8. The molecule has 0 bridgehead atoms. The van der Waals surface area contributed by atoms with Crippen LogP contribution in [0.2, 0.25) is 0 Å². The Morgan fingerprint density at radius 3 is 2.46 bits per heavy atom. The topological polar surface area (TPSA) is 88.5 Å². The second kappa shape index (κ2) is 7.43. The van der Waals surface area contributed by atoms with Crippen molar-refractivity contribution in [1.82, 2.24) is 25.1 Å². The Morgan fingerprint density at radius 1 is 0.885 bits per heavy atom. The smallest absolute Gasteiger partial charge is 0.242 e. The highest BCUT2D eigenvalue weighted by Gasteiger charge is 2.25. The molecule has 0 spiro atoms. The van der Waals surface area contributed by atoms with Crippen molar-refractivity contribution in [2.24, 2.45) is 0 Å². The molecule has 2 N–H and O–H groups in total. The molecule has 3 aromatic rings. The molecule has 1 unspecified atom stereocenters. The number of anilines is 2. The van der Waals surface area contributed by atoms with Crippen LogP contribution in [0.5, 0.6) is 0 Å². The van der Waals surface area contributed by atoms with Crippen molar-refractivity contribution in [2.75, 3.05) is 10.6 Å². The van der Waals surface area contributed by atoms with Crippen LogP contribution < -0.4 is 10.6 Å². The third-order valence-corrected chi connectivity index (χ3v) is 4.52. The third-order valence-electron chi connectivity index (χ3n) is 4.52. The maximum Gasteiger partial charge on any atom is 0.242 e. The van der Waals surface area contributed by atoms with Gasteiger partial charge in [0.2, 0.25) is 5.95 Å². The van der Waals surface area contributed by atoms with Gasteiger partial charge in [-0.05, 0) is 50.5 Å². The predicted octanol–water partition coefficient (Wildman–Crippen LogP) is 3.08. The van der Waals surface area contributed by atoms with E-state index in [1.807, 2.05) is 43.5 Å². The van der Waals surface area contributed by atoms with E-state index >= 15 is 0 Å². The lowest BCUT2D eigenvalue weighted by Gasteiger charge is -2.15. The summed E-state index contributed by atoms with van der Waals surface area (Å²) in [6.45, 7) is 1.88. The van der Waals surface area contributed by atoms with Gasteiger partial charge in [0.25, 0.3) is 0 Å². The number of nitrogens with one attached hydrogen (secondary N) is 2. The summed E-state index contributed by atoms with van der Waals surface area (Å²) in [5.74, 6) is 1.49. The van der Waals surface area contributed by atoms with Crippen molar-refractivity contribution >= 4 is 11.8 Å². The molecule has 0 aliphatic heterocycles. The Balaban J connectivity index is 1.33. The molecule has 2 atom stereocenters. The van der Waals surface area contributed by atoms with Crippen LogP contribution in [-0.4, -0.2) is 37.2 Å². The largest absolute Gasteiger partial charge is 0.367 e. The Labute approximate surface area is 152 Å². The molecule has 0 amide bonds. The van der Waals surface area contributed by atoms with Crippen LogP contribution in [0, 0.1) is 6.92 Å². The number of hydrogen-bond donors (Lipinski definition) is 2. The van der Waals surface area contributed by atoms with Crippen LogP contribution in [0.15, 0.2) is 48.9 Å². The van der Waals surface area contributed by atoms with E-state index in [0.29, 0.717) is 18.0 Å². The van der Waals surface area contributed by atoms with Crippen molar-refractivity contribution in [3.63, 3.8) is 0 Å². The number of aryl methyl sites for hydroxylation is 1. The highest BCUT2D eigenvalue weighted by atomic mass is 15.2. The first kappa shape index (κ1) is 16.4. The third kappa shape index (κ3) is 3.93. The number of nitrogens with zero attached hydrogens (tertiary/aromatic N) is 5. The number of hydrogen-bond acceptors (Lipinski definition) is 7. The molecule has 1 aliphatic carbocycles. The second-order valence-corrected chi connectivity index (χ2v) is 6.57. The highest BCUT2D eigenvalue weighted by molar-refractivity contribution is 5.59. The summed E-state index contributed by atoms with van der Waals surface area (Å²) in [6, 6.07) is 10.7. The van der Waals surface area contributed by atoms with Crippen LogP contribution >= 0.6 is 0 Å². The minimum atomic E-state index is 0.352. The van der Waals surface area contributed by atoms with Gasteiger partial charge in [0.1, 0.15) is 5.82 Å². The van der Waals surface area contributed by atoms with Gasteiger partial charge in [-0.25, -0.2) is 9.97 Å². The normalized spacial score (nSPS) is 19.3. The van der Waals surface area contributed by atoms with Crippen LogP contribution in [0.25, 0.3) is 11.3 Å². The SMILES string of the molecule is Cc1cnc(N[C@H]2CCC(Nc3ccc(-c4ccccn4)cn3)C2)nn1. The molecule has 0 aromatic carbocycles. The molecule has 0 saturated heterocycles. The molecule has 1 saturated carbocycles. The van der Waals surface area contributed by atoms with Gasteiger partial charge in [-0.15, -0.1) is 5.10 Å². The van der Waals surface area contributed by atoms with Gasteiger partial charge in [-0.1, -0.05) is 6.07 Å². The van der Waals surface area contributed by atoms with E-state index in [9.17, 15) is 0 Å². The average Bonchev–Trinajstić information content (AvgIpc) is 3.12. The fourth-order valence-corrected chi connectivity index (χ4v) is 3.20. The monoisotopic (exact) mass is 347 g/mol. The van der Waals surface area contributed by atoms with Gasteiger partial charge in [0.05, 0.1) is 17.6 Å². The summed E-state index contributed by atoms with van der Waals surface area (Å²) in [7, 11) is 0. The maximum atomic E-state index is 4.53. The highest BCUT2D eigenvalue weighted by Crippen LogP contribution is 2.25. The molecule has 1 fully saturated rings. The Bertz CT molecular complexity index is 834. The van der Waals surface area contributed by atoms with Crippen LogP contribution in [0.3, 0.4) is 0 Å². The second-order valence-electron chi connectivity index (χ2n) is 6.57. The van der Waals surface area contributed by atoms with Crippen LogP contribution in [0.1, 0.15) is 25.0 Å². The van der Waals surface area contributed by atoms with Crippen molar-refractivity contribution in [3.05, 3.63) is 54.6 Å². The van der Waals surface area contributed by atoms with E-state index in [2.05, 4.69) is 35.8 Å². The van der Waals surface area contributed by atoms with E-state index in [1.54, 1.807) is 12.4 Å². The Morgan fingerprint density at radius 2 is 1.77 bits per heavy atom. The van der Waals surface area contributed by atoms with Crippen molar-refractivity contribution in [2.45, 2.75) is 38.3 Å². The van der Waals surface area contributed by atoms with Crippen molar-refractivity contribution in [3.8, 4) is 11.3 Å². The molecular formula is C19H21N7. The molecule has 3 aromatic heterocycles. The molecule has 132 valence electrons. The Hall–Kier alpha value is -3.09. The first-order valence-corrected chi connectivity index (χ1v) is 8.83. The van der Waals surface area contributed by atoms with Gasteiger partial charge in [-0.2, -0.15) is 5.10 Å². The fourth-order valence-electron chi connectivity index (χ4n) is 3.20. The Kier molecular flexibility index (Phi) is 4.68. The quantitative estimate of drug-likeness (QED) is 0.733. The lowest BCUT2D eigenvalue weighted by molar-refractivity contribution is 0.712. The average molecular weight is 347 g/mol. The first-order valence-electron chi connectivity index (χ1n) is 8.83. The lowest BCUT2D eigenvalue weighted by atomic mass is 10.2. The first-order chi connectivity index (χ1) is 12.8. The van der Waals surface area contributed by atoms with E-state index < -0.39 is 0 Å². The maximum absolute atomic E-state index is 4.53. The minimum Gasteiger partial charge on any atom is -0.367 e. The van der Waals surface area contributed by atoms with E-state index in [1.165, 1.54) is 0 Å². The van der Waals surface area contributed by atoms with Gasteiger partial charge in [-0.3, -0.25) is 4.98 Å². The van der Waals surface area contributed by atoms with E-state index in [4.69, 9.17) is 0 Å². The van der Waals surface area contributed by atoms with Gasteiger partial charge >= 0.3 is 0 Å². The molecule has 3 heterocycles. The molecule has 7 heteroatoms. The number of pyridine rings is 2. The lowest BCUT2D eigenvalue weighted by Crippen LogP contribution is -2.22. The summed E-state index contributed by atoms with van der Waals surface area (Å²) in [5, 5.41) is 15.0. The van der Waals surface area contributed by atoms with Gasteiger partial charge < -0.3 is 10.6 Å². The molecule has 26 heavy (non-hydrogen) atoms. The number of aromatic nitrogens is 5. The van der Waals surface area contributed by atoms with Crippen molar-refractivity contribution < 1.29 is 0 Å². The molecule has 1 aliphatic rings. The fraction of sp³-hybridized carbons (Fsp3) is 0.316. The van der Waals surface area contributed by atoms with E-state index in [0.717, 1.165) is 42.0 Å². The van der Waals surface area contributed by atoms with Crippen LogP contribution in [-0.2, 0) is 0 Å². The number of rotatable bonds is 5. The van der Waals surface area contributed by atoms with Crippen LogP contribution in [0.4, 0.5) is 11.8 Å². The summed E-state index contributed by atoms with van der Waals surface area (Å²) >= 11 is 0. The standard InChI is InChI=1S/C19H21N7/c1-13-11-22-19(26-25-13)24-16-7-6-15(10-16)23-18-8-5-14(12-21-18)17-4-2-3-9-20-17/h2-5,8-9,11-12,15-16H,6-7,10H2,1H3,(H,21,23)(H,22,24,26)/t15?,16-/m0/s1.